The zero-order chi connectivity index (χ0) is 13.2. The summed E-state index contributed by atoms with van der Waals surface area (Å²) in [6.07, 6.45) is 3.12. The maximum absolute atomic E-state index is 11.8. The fraction of sp³-hybridized carbons (Fsp3) is 0.500. The maximum atomic E-state index is 11.8. The molecule has 0 heterocycles. The molecule has 0 saturated heterocycles. The van der Waals surface area contributed by atoms with E-state index in [2.05, 4.69) is 10.0 Å². The van der Waals surface area contributed by atoms with Crippen LogP contribution in [0.2, 0.25) is 0 Å². The van der Waals surface area contributed by atoms with Gasteiger partial charge in [-0.1, -0.05) is 12.1 Å². The molecule has 1 fully saturated rings. The molecule has 0 aromatic heterocycles. The van der Waals surface area contributed by atoms with Crippen LogP contribution in [0.4, 0.5) is 5.69 Å². The van der Waals surface area contributed by atoms with E-state index in [1.54, 1.807) is 24.3 Å². The van der Waals surface area contributed by atoms with E-state index >= 15 is 0 Å². The zero-order valence-electron chi connectivity index (χ0n) is 10.4. The molecule has 6 heteroatoms. The highest BCUT2D eigenvalue weighted by Crippen LogP contribution is 2.30. The Morgan fingerprint density at radius 3 is 2.56 bits per heavy atom. The SMILES string of the molecule is CNS(=O)(=O)c1ccccc1NCC1(N)CCC1. The number of nitrogens with two attached hydrogens (primary N) is 1. The zero-order valence-corrected chi connectivity index (χ0v) is 11.3. The minimum Gasteiger partial charge on any atom is -0.382 e. The Labute approximate surface area is 108 Å². The molecule has 18 heavy (non-hydrogen) atoms. The van der Waals surface area contributed by atoms with Crippen molar-refractivity contribution in [2.75, 3.05) is 18.9 Å². The van der Waals surface area contributed by atoms with E-state index in [1.165, 1.54) is 7.05 Å². The second kappa shape index (κ2) is 4.87. The summed E-state index contributed by atoms with van der Waals surface area (Å²) in [4.78, 5) is 0.260. The number of rotatable bonds is 5. The molecule has 4 N–H and O–H groups in total. The number of nitrogens with one attached hydrogen (secondary N) is 2. The molecule has 0 atom stereocenters. The van der Waals surface area contributed by atoms with E-state index in [1.807, 2.05) is 0 Å². The molecule has 2 rings (SSSR count). The van der Waals surface area contributed by atoms with Crippen LogP contribution < -0.4 is 15.8 Å². The Balaban J connectivity index is 2.18. The average molecular weight is 269 g/mol. The van der Waals surface area contributed by atoms with Crippen molar-refractivity contribution in [1.82, 2.24) is 4.72 Å². The predicted molar refractivity (Wildman–Crippen MR) is 71.9 cm³/mol. The Kier molecular flexibility index (Phi) is 3.61. The lowest BCUT2D eigenvalue weighted by molar-refractivity contribution is 0.265. The van der Waals surface area contributed by atoms with Gasteiger partial charge in [0, 0.05) is 12.1 Å². The molecule has 0 bridgehead atoms. The van der Waals surface area contributed by atoms with Crippen molar-refractivity contribution in [3.63, 3.8) is 0 Å². The van der Waals surface area contributed by atoms with E-state index in [0.29, 0.717) is 12.2 Å². The molecule has 1 aromatic rings. The molecule has 0 aliphatic heterocycles. The summed E-state index contributed by atoms with van der Waals surface area (Å²) in [5, 5.41) is 3.15. The van der Waals surface area contributed by atoms with E-state index in [-0.39, 0.29) is 10.4 Å². The fourth-order valence-corrected chi connectivity index (χ4v) is 2.94. The summed E-state index contributed by atoms with van der Waals surface area (Å²) in [5.74, 6) is 0. The van der Waals surface area contributed by atoms with Gasteiger partial charge in [-0.25, -0.2) is 13.1 Å². The third-order valence-corrected chi connectivity index (χ3v) is 4.90. The first-order chi connectivity index (χ1) is 8.47. The summed E-state index contributed by atoms with van der Waals surface area (Å²) < 4.78 is 26.0. The van der Waals surface area contributed by atoms with Gasteiger partial charge >= 0.3 is 0 Å². The number of benzene rings is 1. The number of sulfonamides is 1. The molecule has 1 aromatic carbocycles. The van der Waals surface area contributed by atoms with Crippen LogP contribution in [0.25, 0.3) is 0 Å². The lowest BCUT2D eigenvalue weighted by Crippen LogP contribution is -2.52. The largest absolute Gasteiger partial charge is 0.382 e. The number of hydrogen-bond donors (Lipinski definition) is 3. The summed E-state index contributed by atoms with van der Waals surface area (Å²) >= 11 is 0. The number of para-hydroxylation sites is 1. The molecule has 0 radical (unpaired) electrons. The van der Waals surface area contributed by atoms with Gasteiger partial charge in [0.2, 0.25) is 10.0 Å². The molecule has 0 spiro atoms. The first-order valence-corrected chi connectivity index (χ1v) is 7.50. The van der Waals surface area contributed by atoms with Crippen LogP contribution in [-0.2, 0) is 10.0 Å². The monoisotopic (exact) mass is 269 g/mol. The van der Waals surface area contributed by atoms with Crippen molar-refractivity contribution < 1.29 is 8.42 Å². The summed E-state index contributed by atoms with van der Waals surface area (Å²) in [6.45, 7) is 0.600. The standard InChI is InChI=1S/C12H19N3O2S/c1-14-18(16,17)11-6-3-2-5-10(11)15-9-12(13)7-4-8-12/h2-3,5-6,14-15H,4,7-9,13H2,1H3. The van der Waals surface area contributed by atoms with Crippen LogP contribution in [0.5, 0.6) is 0 Å². The highest BCUT2D eigenvalue weighted by Gasteiger charge is 2.32. The first-order valence-electron chi connectivity index (χ1n) is 6.02. The van der Waals surface area contributed by atoms with Crippen LogP contribution in [0, 0.1) is 0 Å². The summed E-state index contributed by atoms with van der Waals surface area (Å²) in [6, 6.07) is 6.85. The third-order valence-electron chi connectivity index (χ3n) is 3.43. The van der Waals surface area contributed by atoms with Crippen LogP contribution in [0.1, 0.15) is 19.3 Å². The van der Waals surface area contributed by atoms with Gasteiger partial charge in [-0.05, 0) is 38.4 Å². The van der Waals surface area contributed by atoms with Crippen molar-refractivity contribution in [3.8, 4) is 0 Å². The van der Waals surface area contributed by atoms with Crippen molar-refractivity contribution in [3.05, 3.63) is 24.3 Å². The van der Waals surface area contributed by atoms with Gasteiger partial charge in [0.25, 0.3) is 0 Å². The molecule has 0 amide bonds. The van der Waals surface area contributed by atoms with Gasteiger partial charge < -0.3 is 11.1 Å². The molecular formula is C12H19N3O2S. The third kappa shape index (κ3) is 2.66. The number of anilines is 1. The highest BCUT2D eigenvalue weighted by molar-refractivity contribution is 7.89. The average Bonchev–Trinajstić information content (AvgIpc) is 2.34. The Morgan fingerprint density at radius 1 is 1.33 bits per heavy atom. The molecule has 0 unspecified atom stereocenters. The summed E-state index contributed by atoms with van der Waals surface area (Å²) in [5.41, 5.74) is 6.53. The van der Waals surface area contributed by atoms with Crippen LogP contribution in [0.15, 0.2) is 29.2 Å². The second-order valence-corrected chi connectivity index (χ2v) is 6.63. The molecule has 1 aliphatic carbocycles. The van der Waals surface area contributed by atoms with Crippen LogP contribution in [-0.4, -0.2) is 27.5 Å². The molecule has 5 nitrogen and oxygen atoms in total. The quantitative estimate of drug-likeness (QED) is 0.741. The highest BCUT2D eigenvalue weighted by atomic mass is 32.2. The van der Waals surface area contributed by atoms with Gasteiger partial charge in [-0.3, -0.25) is 0 Å². The minimum absolute atomic E-state index is 0.184. The lowest BCUT2D eigenvalue weighted by atomic mass is 9.78. The van der Waals surface area contributed by atoms with Gasteiger partial charge in [-0.15, -0.1) is 0 Å². The van der Waals surface area contributed by atoms with E-state index < -0.39 is 10.0 Å². The van der Waals surface area contributed by atoms with E-state index in [9.17, 15) is 8.42 Å². The van der Waals surface area contributed by atoms with Crippen molar-refractivity contribution in [1.29, 1.82) is 0 Å². The van der Waals surface area contributed by atoms with Crippen molar-refractivity contribution >= 4 is 15.7 Å². The first kappa shape index (κ1) is 13.3. The van der Waals surface area contributed by atoms with Gasteiger partial charge in [0.05, 0.1) is 5.69 Å². The Hall–Kier alpha value is -1.11. The summed E-state index contributed by atoms with van der Waals surface area (Å²) in [7, 11) is -2.03. The number of hydrogen-bond acceptors (Lipinski definition) is 4. The van der Waals surface area contributed by atoms with Gasteiger partial charge in [0.15, 0.2) is 0 Å². The van der Waals surface area contributed by atoms with Crippen molar-refractivity contribution in [2.45, 2.75) is 29.7 Å². The van der Waals surface area contributed by atoms with E-state index in [0.717, 1.165) is 19.3 Å². The van der Waals surface area contributed by atoms with Crippen molar-refractivity contribution in [2.24, 2.45) is 5.73 Å². The molecule has 1 aliphatic rings. The van der Waals surface area contributed by atoms with Gasteiger partial charge in [0.1, 0.15) is 4.90 Å². The normalized spacial score (nSPS) is 18.1. The van der Waals surface area contributed by atoms with Crippen LogP contribution >= 0.6 is 0 Å². The Bertz CT molecular complexity index is 524. The van der Waals surface area contributed by atoms with E-state index in [4.69, 9.17) is 5.73 Å². The van der Waals surface area contributed by atoms with Gasteiger partial charge in [-0.2, -0.15) is 0 Å². The van der Waals surface area contributed by atoms with Crippen LogP contribution in [0.3, 0.4) is 0 Å². The maximum Gasteiger partial charge on any atom is 0.242 e. The Morgan fingerprint density at radius 2 is 2.00 bits per heavy atom. The topological polar surface area (TPSA) is 84.2 Å². The minimum atomic E-state index is -3.44. The molecular weight excluding hydrogens is 250 g/mol. The second-order valence-electron chi connectivity index (χ2n) is 4.77. The molecule has 100 valence electrons. The predicted octanol–water partition coefficient (Wildman–Crippen LogP) is 0.888. The fourth-order valence-electron chi connectivity index (χ4n) is 2.04. The molecule has 1 saturated carbocycles. The smallest absolute Gasteiger partial charge is 0.242 e. The lowest BCUT2D eigenvalue weighted by Gasteiger charge is -2.38.